The van der Waals surface area contributed by atoms with E-state index in [1.807, 2.05) is 25.1 Å². The van der Waals surface area contributed by atoms with Gasteiger partial charge in [0.05, 0.1) is 6.54 Å². The summed E-state index contributed by atoms with van der Waals surface area (Å²) in [6, 6.07) is 7.48. The topological polar surface area (TPSA) is 79.5 Å². The van der Waals surface area contributed by atoms with Crippen LogP contribution in [-0.4, -0.2) is 25.0 Å². The summed E-state index contributed by atoms with van der Waals surface area (Å²) in [5.41, 5.74) is 7.52. The standard InChI is InChI=1S/C19H32N4O/c1-3-5-6-7-8-9-13-22-19(20)23-15-16-11-10-12-17(14-16)18(24)21-4-2/h10-12,14H,3-9,13,15H2,1-2H3,(H,21,24)(H3,20,22,23). The van der Waals surface area contributed by atoms with Crippen molar-refractivity contribution in [2.45, 2.75) is 58.9 Å². The van der Waals surface area contributed by atoms with Gasteiger partial charge in [-0.1, -0.05) is 51.2 Å². The molecule has 1 rings (SSSR count). The highest BCUT2D eigenvalue weighted by molar-refractivity contribution is 5.94. The maximum Gasteiger partial charge on any atom is 0.251 e. The first-order valence-electron chi connectivity index (χ1n) is 9.08. The van der Waals surface area contributed by atoms with Gasteiger partial charge in [0.2, 0.25) is 0 Å². The van der Waals surface area contributed by atoms with Crippen molar-refractivity contribution in [2.75, 3.05) is 13.1 Å². The number of nitrogens with two attached hydrogens (primary N) is 1. The molecule has 24 heavy (non-hydrogen) atoms. The number of unbranched alkanes of at least 4 members (excludes halogenated alkanes) is 5. The summed E-state index contributed by atoms with van der Waals surface area (Å²) in [7, 11) is 0. The Labute approximate surface area is 146 Å². The third kappa shape index (κ3) is 8.56. The number of benzene rings is 1. The fourth-order valence-electron chi connectivity index (χ4n) is 2.43. The van der Waals surface area contributed by atoms with E-state index in [1.165, 1.54) is 32.1 Å². The summed E-state index contributed by atoms with van der Waals surface area (Å²) in [6.07, 6.45) is 7.56. The highest BCUT2D eigenvalue weighted by Crippen LogP contribution is 2.07. The summed E-state index contributed by atoms with van der Waals surface area (Å²) >= 11 is 0. The van der Waals surface area contributed by atoms with Gasteiger partial charge >= 0.3 is 0 Å². The van der Waals surface area contributed by atoms with Crippen molar-refractivity contribution in [3.63, 3.8) is 0 Å². The summed E-state index contributed by atoms with van der Waals surface area (Å²) in [6.45, 7) is 6.09. The second-order valence-corrected chi connectivity index (χ2v) is 5.96. The largest absolute Gasteiger partial charge is 0.370 e. The Morgan fingerprint density at radius 3 is 2.58 bits per heavy atom. The van der Waals surface area contributed by atoms with E-state index in [-0.39, 0.29) is 5.91 Å². The summed E-state index contributed by atoms with van der Waals surface area (Å²) in [5.74, 6) is 0.407. The van der Waals surface area contributed by atoms with Gasteiger partial charge in [-0.3, -0.25) is 4.79 Å². The van der Waals surface area contributed by atoms with Crippen LogP contribution in [0.4, 0.5) is 0 Å². The van der Waals surface area contributed by atoms with Crippen LogP contribution in [-0.2, 0) is 6.54 Å². The fourth-order valence-corrected chi connectivity index (χ4v) is 2.43. The van der Waals surface area contributed by atoms with Crippen LogP contribution in [0, 0.1) is 0 Å². The number of rotatable bonds is 11. The minimum atomic E-state index is -0.0579. The van der Waals surface area contributed by atoms with Crippen molar-refractivity contribution in [1.82, 2.24) is 10.6 Å². The van der Waals surface area contributed by atoms with Crippen LogP contribution in [0.1, 0.15) is 68.3 Å². The van der Waals surface area contributed by atoms with E-state index in [9.17, 15) is 4.79 Å². The van der Waals surface area contributed by atoms with E-state index < -0.39 is 0 Å². The molecule has 5 heteroatoms. The van der Waals surface area contributed by atoms with Crippen LogP contribution in [0.2, 0.25) is 0 Å². The number of guanidine groups is 1. The lowest BCUT2D eigenvalue weighted by molar-refractivity contribution is 0.0955. The van der Waals surface area contributed by atoms with Gasteiger partial charge in [-0.15, -0.1) is 0 Å². The molecule has 1 amide bonds. The predicted octanol–water partition coefficient (Wildman–Crippen LogP) is 3.20. The zero-order valence-corrected chi connectivity index (χ0v) is 15.1. The Morgan fingerprint density at radius 1 is 1.08 bits per heavy atom. The first-order valence-corrected chi connectivity index (χ1v) is 9.08. The minimum absolute atomic E-state index is 0.0579. The monoisotopic (exact) mass is 332 g/mol. The molecule has 0 saturated heterocycles. The van der Waals surface area contributed by atoms with E-state index >= 15 is 0 Å². The Bertz CT molecular complexity index is 514. The summed E-state index contributed by atoms with van der Waals surface area (Å²) in [5, 5.41) is 5.94. The maximum absolute atomic E-state index is 11.8. The van der Waals surface area contributed by atoms with Crippen molar-refractivity contribution >= 4 is 11.9 Å². The lowest BCUT2D eigenvalue weighted by Gasteiger charge is -2.07. The normalized spacial score (nSPS) is 11.3. The number of hydrogen-bond acceptors (Lipinski definition) is 2. The third-order valence-corrected chi connectivity index (χ3v) is 3.79. The number of nitrogens with one attached hydrogen (secondary N) is 2. The molecule has 0 atom stereocenters. The van der Waals surface area contributed by atoms with Gasteiger partial charge in [-0.05, 0) is 31.0 Å². The van der Waals surface area contributed by atoms with E-state index in [4.69, 9.17) is 5.73 Å². The third-order valence-electron chi connectivity index (χ3n) is 3.79. The number of carbonyl (C=O) groups excluding carboxylic acids is 1. The zero-order chi connectivity index (χ0) is 17.6. The Morgan fingerprint density at radius 2 is 1.83 bits per heavy atom. The Hall–Kier alpha value is -2.04. The van der Waals surface area contributed by atoms with Crippen LogP contribution in [0.5, 0.6) is 0 Å². The molecule has 0 bridgehead atoms. The Kier molecular flexibility index (Phi) is 10.3. The van der Waals surface area contributed by atoms with E-state index in [2.05, 4.69) is 22.5 Å². The molecule has 0 spiro atoms. The van der Waals surface area contributed by atoms with Crippen molar-refractivity contribution in [3.8, 4) is 0 Å². The van der Waals surface area contributed by atoms with Crippen LogP contribution in [0.25, 0.3) is 0 Å². The smallest absolute Gasteiger partial charge is 0.251 e. The first-order chi connectivity index (χ1) is 11.7. The van der Waals surface area contributed by atoms with Crippen LogP contribution >= 0.6 is 0 Å². The number of carbonyl (C=O) groups is 1. The predicted molar refractivity (Wildman–Crippen MR) is 101 cm³/mol. The molecule has 0 radical (unpaired) electrons. The second kappa shape index (κ2) is 12.4. The van der Waals surface area contributed by atoms with Crippen molar-refractivity contribution in [2.24, 2.45) is 10.7 Å². The molecular weight excluding hydrogens is 300 g/mol. The van der Waals surface area contributed by atoms with Gasteiger partial charge in [0.1, 0.15) is 0 Å². The summed E-state index contributed by atoms with van der Waals surface area (Å²) in [4.78, 5) is 16.2. The molecule has 0 saturated carbocycles. The molecule has 0 heterocycles. The molecule has 4 N–H and O–H groups in total. The van der Waals surface area contributed by atoms with Gasteiger partial charge in [0, 0.05) is 18.7 Å². The summed E-state index contributed by atoms with van der Waals surface area (Å²) < 4.78 is 0. The molecule has 0 aliphatic heterocycles. The van der Waals surface area contributed by atoms with E-state index in [0.29, 0.717) is 24.6 Å². The molecule has 0 aliphatic rings. The SMILES string of the molecule is CCCCCCCCNC(N)=NCc1cccc(C(=O)NCC)c1. The molecule has 134 valence electrons. The van der Waals surface area contributed by atoms with Gasteiger partial charge < -0.3 is 16.4 Å². The van der Waals surface area contributed by atoms with Crippen LogP contribution < -0.4 is 16.4 Å². The zero-order valence-electron chi connectivity index (χ0n) is 15.1. The van der Waals surface area contributed by atoms with Gasteiger partial charge in [0.25, 0.3) is 5.91 Å². The maximum atomic E-state index is 11.8. The minimum Gasteiger partial charge on any atom is -0.370 e. The Balaban J connectivity index is 2.32. The van der Waals surface area contributed by atoms with Crippen molar-refractivity contribution < 1.29 is 4.79 Å². The lowest BCUT2D eigenvalue weighted by Crippen LogP contribution is -2.32. The first kappa shape index (κ1) is 20.0. The fraction of sp³-hybridized carbons (Fsp3) is 0.579. The molecule has 0 fully saturated rings. The van der Waals surface area contributed by atoms with Gasteiger partial charge in [-0.25, -0.2) is 4.99 Å². The number of hydrogen-bond donors (Lipinski definition) is 3. The lowest BCUT2D eigenvalue weighted by atomic mass is 10.1. The van der Waals surface area contributed by atoms with E-state index in [0.717, 1.165) is 18.5 Å². The van der Waals surface area contributed by atoms with Crippen molar-refractivity contribution in [1.29, 1.82) is 0 Å². The molecule has 0 aromatic heterocycles. The van der Waals surface area contributed by atoms with Gasteiger partial charge in [-0.2, -0.15) is 0 Å². The number of nitrogens with zero attached hydrogens (tertiary/aromatic N) is 1. The van der Waals surface area contributed by atoms with Crippen molar-refractivity contribution in [3.05, 3.63) is 35.4 Å². The molecular formula is C19H32N4O. The number of aliphatic imine (C=N–C) groups is 1. The van der Waals surface area contributed by atoms with E-state index in [1.54, 1.807) is 6.07 Å². The molecule has 5 nitrogen and oxygen atoms in total. The van der Waals surface area contributed by atoms with Crippen LogP contribution in [0.15, 0.2) is 29.3 Å². The average Bonchev–Trinajstić information content (AvgIpc) is 2.59. The highest BCUT2D eigenvalue weighted by Gasteiger charge is 2.04. The molecule has 1 aromatic carbocycles. The molecule has 0 aliphatic carbocycles. The molecule has 0 unspecified atom stereocenters. The quantitative estimate of drug-likeness (QED) is 0.331. The van der Waals surface area contributed by atoms with Crippen LogP contribution in [0.3, 0.4) is 0 Å². The molecule has 1 aromatic rings. The number of amides is 1. The van der Waals surface area contributed by atoms with Gasteiger partial charge in [0.15, 0.2) is 5.96 Å². The second-order valence-electron chi connectivity index (χ2n) is 5.96. The average molecular weight is 332 g/mol. The highest BCUT2D eigenvalue weighted by atomic mass is 16.1.